The second kappa shape index (κ2) is 13.1. The smallest absolute Gasteiger partial charge is 0.252 e. The second-order valence-electron chi connectivity index (χ2n) is 8.85. The summed E-state index contributed by atoms with van der Waals surface area (Å²) in [5.41, 5.74) is 0.659. The summed E-state index contributed by atoms with van der Waals surface area (Å²) < 4.78 is 0. The van der Waals surface area contributed by atoms with E-state index in [2.05, 4.69) is 27.5 Å². The molecular weight excluding hydrogens is 408 g/mol. The molecule has 1 saturated heterocycles. The normalized spacial score (nSPS) is 18.6. The number of amides is 2. The Balaban J connectivity index is 1.37. The first kappa shape index (κ1) is 24.1. The molecular formula is C24H38N4O2S. The van der Waals surface area contributed by atoms with E-state index in [0.29, 0.717) is 23.8 Å². The number of thioether (sulfide) groups is 1. The molecule has 1 aliphatic heterocycles. The molecule has 0 aromatic heterocycles. The SMILES string of the molecule is CN1CCN(CCCNC(=O)c2ccccc2SCC(=O)NCC2CCCCC2)CC1. The zero-order valence-electron chi connectivity index (χ0n) is 18.9. The monoisotopic (exact) mass is 446 g/mol. The Morgan fingerprint density at radius 3 is 2.55 bits per heavy atom. The minimum atomic E-state index is -0.0518. The Morgan fingerprint density at radius 1 is 1.03 bits per heavy atom. The number of carbonyl (C=O) groups excluding carboxylic acids is 2. The maximum Gasteiger partial charge on any atom is 0.252 e. The van der Waals surface area contributed by atoms with Crippen molar-refractivity contribution >= 4 is 23.6 Å². The Morgan fingerprint density at radius 2 is 1.77 bits per heavy atom. The van der Waals surface area contributed by atoms with Gasteiger partial charge in [0.25, 0.3) is 5.91 Å². The zero-order chi connectivity index (χ0) is 21.9. The number of rotatable bonds is 10. The molecule has 172 valence electrons. The molecule has 0 unspecified atom stereocenters. The van der Waals surface area contributed by atoms with Crippen molar-refractivity contribution in [3.05, 3.63) is 29.8 Å². The second-order valence-corrected chi connectivity index (χ2v) is 9.86. The predicted octanol–water partition coefficient (Wildman–Crippen LogP) is 2.84. The standard InChI is InChI=1S/C24H38N4O2S/c1-27-14-16-28(17-15-27)13-7-12-25-24(30)21-10-5-6-11-22(21)31-19-23(29)26-18-20-8-3-2-4-9-20/h5-6,10-11,20H,2-4,7-9,12-19H2,1H3,(H,25,30)(H,26,29). The number of piperazine rings is 1. The van der Waals surface area contributed by atoms with E-state index in [-0.39, 0.29) is 11.8 Å². The molecule has 0 atom stereocenters. The zero-order valence-corrected chi connectivity index (χ0v) is 19.7. The minimum absolute atomic E-state index is 0.0518. The summed E-state index contributed by atoms with van der Waals surface area (Å²) in [6.45, 7) is 6.92. The quantitative estimate of drug-likeness (QED) is 0.427. The topological polar surface area (TPSA) is 64.7 Å². The highest BCUT2D eigenvalue weighted by Crippen LogP contribution is 2.24. The van der Waals surface area contributed by atoms with Gasteiger partial charge in [-0.3, -0.25) is 9.59 Å². The van der Waals surface area contributed by atoms with Crippen LogP contribution in [0.5, 0.6) is 0 Å². The molecule has 0 radical (unpaired) electrons. The summed E-state index contributed by atoms with van der Waals surface area (Å²) in [6, 6.07) is 7.58. The summed E-state index contributed by atoms with van der Waals surface area (Å²) in [5, 5.41) is 6.13. The van der Waals surface area contributed by atoms with Crippen LogP contribution >= 0.6 is 11.8 Å². The van der Waals surface area contributed by atoms with Crippen molar-refractivity contribution in [3.63, 3.8) is 0 Å². The van der Waals surface area contributed by atoms with Gasteiger partial charge in [0.05, 0.1) is 11.3 Å². The summed E-state index contributed by atoms with van der Waals surface area (Å²) in [6.07, 6.45) is 7.31. The van der Waals surface area contributed by atoms with Crippen LogP contribution in [0, 0.1) is 5.92 Å². The molecule has 0 spiro atoms. The van der Waals surface area contributed by atoms with Gasteiger partial charge in [-0.25, -0.2) is 0 Å². The van der Waals surface area contributed by atoms with Crippen LogP contribution < -0.4 is 10.6 Å². The lowest BCUT2D eigenvalue weighted by Gasteiger charge is -2.32. The first-order chi connectivity index (χ1) is 15.1. The van der Waals surface area contributed by atoms with Gasteiger partial charge in [0, 0.05) is 44.2 Å². The number of carbonyl (C=O) groups is 2. The van der Waals surface area contributed by atoms with Crippen molar-refractivity contribution in [1.82, 2.24) is 20.4 Å². The van der Waals surface area contributed by atoms with Crippen LogP contribution in [0.1, 0.15) is 48.9 Å². The molecule has 7 heteroatoms. The molecule has 2 fully saturated rings. The minimum Gasteiger partial charge on any atom is -0.355 e. The predicted molar refractivity (Wildman–Crippen MR) is 128 cm³/mol. The van der Waals surface area contributed by atoms with Crippen LogP contribution in [0.15, 0.2) is 29.2 Å². The van der Waals surface area contributed by atoms with Crippen LogP contribution in [0.4, 0.5) is 0 Å². The number of hydrogen-bond donors (Lipinski definition) is 2. The van der Waals surface area contributed by atoms with Gasteiger partial charge in [0.15, 0.2) is 0 Å². The molecule has 1 aliphatic carbocycles. The molecule has 1 aromatic rings. The Hall–Kier alpha value is -1.57. The molecule has 2 amide bonds. The highest BCUT2D eigenvalue weighted by Gasteiger charge is 2.16. The number of likely N-dealkylation sites (N-methyl/N-ethyl adjacent to an activating group) is 1. The van der Waals surface area contributed by atoms with E-state index in [1.165, 1.54) is 43.9 Å². The number of nitrogens with zero attached hydrogens (tertiary/aromatic N) is 2. The maximum atomic E-state index is 12.7. The van der Waals surface area contributed by atoms with Gasteiger partial charge in [-0.2, -0.15) is 0 Å². The molecule has 2 aliphatic rings. The lowest BCUT2D eigenvalue weighted by atomic mass is 9.89. The van der Waals surface area contributed by atoms with Gasteiger partial charge in [0.1, 0.15) is 0 Å². The third-order valence-corrected chi connectivity index (χ3v) is 7.41. The molecule has 1 aromatic carbocycles. The van der Waals surface area contributed by atoms with E-state index in [1.807, 2.05) is 24.3 Å². The molecule has 3 rings (SSSR count). The molecule has 2 N–H and O–H groups in total. The van der Waals surface area contributed by atoms with Crippen LogP contribution in [0.25, 0.3) is 0 Å². The fraction of sp³-hybridized carbons (Fsp3) is 0.667. The molecule has 1 saturated carbocycles. The number of hydrogen-bond acceptors (Lipinski definition) is 5. The van der Waals surface area contributed by atoms with Gasteiger partial charge in [-0.1, -0.05) is 31.4 Å². The summed E-state index contributed by atoms with van der Waals surface area (Å²) in [5.74, 6) is 0.981. The average Bonchev–Trinajstić information content (AvgIpc) is 2.81. The van der Waals surface area contributed by atoms with Gasteiger partial charge in [-0.15, -0.1) is 11.8 Å². The third-order valence-electron chi connectivity index (χ3n) is 6.34. The number of benzene rings is 1. The van der Waals surface area contributed by atoms with Crippen molar-refractivity contribution in [3.8, 4) is 0 Å². The highest BCUT2D eigenvalue weighted by molar-refractivity contribution is 8.00. The fourth-order valence-electron chi connectivity index (χ4n) is 4.30. The van der Waals surface area contributed by atoms with Gasteiger partial charge in [-0.05, 0) is 50.9 Å². The largest absolute Gasteiger partial charge is 0.355 e. The third kappa shape index (κ3) is 8.47. The Kier molecular flexibility index (Phi) is 10.2. The molecule has 31 heavy (non-hydrogen) atoms. The van der Waals surface area contributed by atoms with Crippen molar-refractivity contribution in [2.24, 2.45) is 5.92 Å². The van der Waals surface area contributed by atoms with Gasteiger partial charge < -0.3 is 20.4 Å². The van der Waals surface area contributed by atoms with Crippen LogP contribution in [-0.2, 0) is 4.79 Å². The van der Waals surface area contributed by atoms with E-state index >= 15 is 0 Å². The van der Waals surface area contributed by atoms with E-state index < -0.39 is 0 Å². The Bertz CT molecular complexity index is 701. The highest BCUT2D eigenvalue weighted by atomic mass is 32.2. The summed E-state index contributed by atoms with van der Waals surface area (Å²) in [7, 11) is 2.16. The summed E-state index contributed by atoms with van der Waals surface area (Å²) >= 11 is 1.45. The summed E-state index contributed by atoms with van der Waals surface area (Å²) in [4.78, 5) is 30.7. The molecule has 1 heterocycles. The van der Waals surface area contributed by atoms with Crippen molar-refractivity contribution < 1.29 is 9.59 Å². The number of nitrogens with one attached hydrogen (secondary N) is 2. The Labute approximate surface area is 191 Å². The van der Waals surface area contributed by atoms with Crippen molar-refractivity contribution in [1.29, 1.82) is 0 Å². The lowest BCUT2D eigenvalue weighted by Crippen LogP contribution is -2.45. The van der Waals surface area contributed by atoms with E-state index in [4.69, 9.17) is 0 Å². The fourth-order valence-corrected chi connectivity index (χ4v) is 5.17. The first-order valence-corrected chi connectivity index (χ1v) is 12.8. The maximum absolute atomic E-state index is 12.7. The van der Waals surface area contributed by atoms with Crippen LogP contribution in [0.3, 0.4) is 0 Å². The van der Waals surface area contributed by atoms with E-state index in [1.54, 1.807) is 0 Å². The first-order valence-electron chi connectivity index (χ1n) is 11.8. The van der Waals surface area contributed by atoms with E-state index in [9.17, 15) is 9.59 Å². The van der Waals surface area contributed by atoms with Crippen LogP contribution in [-0.4, -0.2) is 80.2 Å². The van der Waals surface area contributed by atoms with E-state index in [0.717, 1.165) is 50.6 Å². The van der Waals surface area contributed by atoms with Gasteiger partial charge >= 0.3 is 0 Å². The average molecular weight is 447 g/mol. The van der Waals surface area contributed by atoms with Gasteiger partial charge in [0.2, 0.25) is 5.91 Å². The lowest BCUT2D eigenvalue weighted by molar-refractivity contribution is -0.118. The van der Waals surface area contributed by atoms with Crippen LogP contribution in [0.2, 0.25) is 0 Å². The van der Waals surface area contributed by atoms with Crippen molar-refractivity contribution in [2.45, 2.75) is 43.4 Å². The molecule has 6 nitrogen and oxygen atoms in total. The molecule has 0 bridgehead atoms. The van der Waals surface area contributed by atoms with Crippen molar-refractivity contribution in [2.75, 3.05) is 58.6 Å².